The summed E-state index contributed by atoms with van der Waals surface area (Å²) in [4.78, 5) is 5.94. The topological polar surface area (TPSA) is 38.9 Å². The van der Waals surface area contributed by atoms with Gasteiger partial charge in [-0.25, -0.2) is 0 Å². The Balaban J connectivity index is 2.17. The second-order valence-electron chi connectivity index (χ2n) is 5.34. The van der Waals surface area contributed by atoms with E-state index in [9.17, 15) is 0 Å². The maximum atomic E-state index is 6.24. The number of nitrogens with two attached hydrogens (primary N) is 1. The number of nitrogens with zero attached hydrogens (tertiary/aromatic N) is 1. The smallest absolute Gasteiger partial charge is 0.0957 e. The van der Waals surface area contributed by atoms with Gasteiger partial charge in [-0.05, 0) is 42.4 Å². The summed E-state index contributed by atoms with van der Waals surface area (Å²) in [7, 11) is 0. The second-order valence-corrected chi connectivity index (χ2v) is 6.48. The van der Waals surface area contributed by atoms with E-state index in [4.69, 9.17) is 5.73 Å². The van der Waals surface area contributed by atoms with E-state index >= 15 is 0 Å². The molecule has 0 saturated carbocycles. The summed E-state index contributed by atoms with van der Waals surface area (Å²) in [6.45, 7) is 4.64. The lowest BCUT2D eigenvalue weighted by molar-refractivity contribution is 0.456. The summed E-state index contributed by atoms with van der Waals surface area (Å²) >= 11 is 1.76. The summed E-state index contributed by atoms with van der Waals surface area (Å²) in [5.41, 5.74) is 9.90. The van der Waals surface area contributed by atoms with Crippen LogP contribution < -0.4 is 5.73 Å². The molecule has 0 aromatic carbocycles. The van der Waals surface area contributed by atoms with E-state index in [0.717, 1.165) is 16.6 Å². The van der Waals surface area contributed by atoms with Gasteiger partial charge in [0.05, 0.1) is 10.7 Å². The molecule has 0 bridgehead atoms. The molecule has 0 spiro atoms. The molecule has 18 heavy (non-hydrogen) atoms. The Morgan fingerprint density at radius 1 is 1.33 bits per heavy atom. The van der Waals surface area contributed by atoms with Crippen LogP contribution in [0, 0.1) is 5.92 Å². The first-order chi connectivity index (χ1) is 8.66. The largest absolute Gasteiger partial charge is 0.390 e. The normalized spacial score (nSPS) is 22.8. The summed E-state index contributed by atoms with van der Waals surface area (Å²) in [5, 5.41) is 0.930. The fraction of sp³-hybridized carbons (Fsp3) is 0.400. The molecule has 2 aromatic heterocycles. The Kier molecular flexibility index (Phi) is 2.86. The number of fused-ring (bicyclic) bond motifs is 1. The van der Waals surface area contributed by atoms with Crippen molar-refractivity contribution in [2.45, 2.75) is 32.6 Å². The third kappa shape index (κ3) is 1.83. The molecule has 1 aliphatic carbocycles. The summed E-state index contributed by atoms with van der Waals surface area (Å²) < 4.78 is 0. The molecule has 2 N–H and O–H groups in total. The van der Waals surface area contributed by atoms with Crippen molar-refractivity contribution >= 4 is 16.3 Å². The first kappa shape index (κ1) is 11.7. The highest BCUT2D eigenvalue weighted by molar-refractivity contribution is 7.16. The summed E-state index contributed by atoms with van der Waals surface area (Å²) in [6.07, 6.45) is 4.26. The quantitative estimate of drug-likeness (QED) is 0.837. The van der Waals surface area contributed by atoms with Crippen LogP contribution in [-0.2, 0) is 6.42 Å². The molecular weight excluding hydrogens is 240 g/mol. The van der Waals surface area contributed by atoms with E-state index < -0.39 is 0 Å². The van der Waals surface area contributed by atoms with Crippen LogP contribution in [0.4, 0.5) is 5.00 Å². The van der Waals surface area contributed by atoms with Crippen molar-refractivity contribution in [3.63, 3.8) is 0 Å². The van der Waals surface area contributed by atoms with Crippen LogP contribution in [0.25, 0.3) is 11.3 Å². The van der Waals surface area contributed by atoms with Gasteiger partial charge in [0, 0.05) is 16.6 Å². The highest BCUT2D eigenvalue weighted by atomic mass is 32.1. The lowest BCUT2D eigenvalue weighted by Crippen LogP contribution is -2.13. The number of hydrogen-bond acceptors (Lipinski definition) is 3. The Bertz CT molecular complexity index is 559. The Hall–Kier alpha value is -1.35. The van der Waals surface area contributed by atoms with Crippen molar-refractivity contribution in [2.24, 2.45) is 5.92 Å². The molecule has 2 nitrogen and oxygen atoms in total. The molecule has 2 heterocycles. The molecular formula is C15H18N2S. The predicted molar refractivity (Wildman–Crippen MR) is 77.9 cm³/mol. The minimum atomic E-state index is 0.592. The number of nitrogen functional groups attached to an aromatic ring is 1. The first-order valence-electron chi connectivity index (χ1n) is 6.49. The van der Waals surface area contributed by atoms with Crippen molar-refractivity contribution in [3.05, 3.63) is 34.8 Å². The zero-order chi connectivity index (χ0) is 12.7. The third-order valence-electron chi connectivity index (χ3n) is 3.75. The average molecular weight is 258 g/mol. The van der Waals surface area contributed by atoms with Gasteiger partial charge in [0.2, 0.25) is 0 Å². The Morgan fingerprint density at radius 2 is 2.17 bits per heavy atom. The van der Waals surface area contributed by atoms with Gasteiger partial charge in [-0.2, -0.15) is 0 Å². The molecule has 2 aromatic rings. The minimum absolute atomic E-state index is 0.592. The van der Waals surface area contributed by atoms with Crippen molar-refractivity contribution in [2.75, 3.05) is 5.73 Å². The first-order valence-corrected chi connectivity index (χ1v) is 7.31. The number of pyridine rings is 1. The molecule has 2 atom stereocenters. The van der Waals surface area contributed by atoms with Gasteiger partial charge in [-0.3, -0.25) is 4.98 Å². The number of anilines is 1. The number of rotatable bonds is 1. The highest BCUT2D eigenvalue weighted by Gasteiger charge is 2.28. The predicted octanol–water partition coefficient (Wildman–Crippen LogP) is 4.08. The lowest BCUT2D eigenvalue weighted by atomic mass is 9.80. The van der Waals surface area contributed by atoms with Crippen LogP contribution in [0.3, 0.4) is 0 Å². The number of aromatic nitrogens is 1. The highest BCUT2D eigenvalue weighted by Crippen LogP contribution is 2.47. The summed E-state index contributed by atoms with van der Waals surface area (Å²) in [6, 6.07) is 6.04. The van der Waals surface area contributed by atoms with Crippen LogP contribution in [0.1, 0.15) is 36.6 Å². The van der Waals surface area contributed by atoms with Crippen LogP contribution in [0.2, 0.25) is 0 Å². The SMILES string of the molecule is CC1Cc2sc(N)c(-c3ccccn3)c2C(C)C1. The van der Waals surface area contributed by atoms with E-state index in [2.05, 4.69) is 24.9 Å². The van der Waals surface area contributed by atoms with Gasteiger partial charge < -0.3 is 5.73 Å². The van der Waals surface area contributed by atoms with E-state index in [1.165, 1.54) is 28.8 Å². The van der Waals surface area contributed by atoms with Gasteiger partial charge in [0.1, 0.15) is 0 Å². The zero-order valence-electron chi connectivity index (χ0n) is 10.8. The minimum Gasteiger partial charge on any atom is -0.390 e. The van der Waals surface area contributed by atoms with Crippen molar-refractivity contribution < 1.29 is 0 Å². The molecule has 0 saturated heterocycles. The number of thiophene rings is 1. The molecule has 94 valence electrons. The monoisotopic (exact) mass is 258 g/mol. The molecule has 0 fully saturated rings. The Morgan fingerprint density at radius 3 is 2.89 bits per heavy atom. The van der Waals surface area contributed by atoms with Crippen molar-refractivity contribution in [1.82, 2.24) is 4.98 Å². The van der Waals surface area contributed by atoms with Gasteiger partial charge in [-0.1, -0.05) is 19.9 Å². The third-order valence-corrected chi connectivity index (χ3v) is 4.81. The maximum Gasteiger partial charge on any atom is 0.0957 e. The van der Waals surface area contributed by atoms with Gasteiger partial charge in [0.25, 0.3) is 0 Å². The molecule has 2 unspecified atom stereocenters. The van der Waals surface area contributed by atoms with Gasteiger partial charge in [0.15, 0.2) is 0 Å². The average Bonchev–Trinajstić information content (AvgIpc) is 2.66. The maximum absolute atomic E-state index is 6.24. The standard InChI is InChI=1S/C15H18N2S/c1-9-7-10(2)13-12(8-9)18-15(16)14(13)11-5-3-4-6-17-11/h3-6,9-10H,7-8,16H2,1-2H3. The molecule has 0 aliphatic heterocycles. The van der Waals surface area contributed by atoms with E-state index in [-0.39, 0.29) is 0 Å². The van der Waals surface area contributed by atoms with Crippen molar-refractivity contribution in [3.8, 4) is 11.3 Å². The molecule has 0 radical (unpaired) electrons. The van der Waals surface area contributed by atoms with Crippen molar-refractivity contribution in [1.29, 1.82) is 0 Å². The molecule has 1 aliphatic rings. The fourth-order valence-corrected chi connectivity index (χ4v) is 4.44. The fourth-order valence-electron chi connectivity index (χ4n) is 3.08. The molecule has 3 rings (SSSR count). The second kappa shape index (κ2) is 4.39. The molecule has 3 heteroatoms. The van der Waals surface area contributed by atoms with Crippen LogP contribution >= 0.6 is 11.3 Å². The lowest BCUT2D eigenvalue weighted by Gasteiger charge is -2.25. The van der Waals surface area contributed by atoms with Crippen LogP contribution in [0.15, 0.2) is 24.4 Å². The number of hydrogen-bond donors (Lipinski definition) is 1. The van der Waals surface area contributed by atoms with E-state index in [1.54, 1.807) is 11.3 Å². The van der Waals surface area contributed by atoms with Gasteiger partial charge in [-0.15, -0.1) is 11.3 Å². The Labute approximate surface area is 112 Å². The van der Waals surface area contributed by atoms with Gasteiger partial charge >= 0.3 is 0 Å². The van der Waals surface area contributed by atoms with E-state index in [1.807, 2.05) is 18.3 Å². The summed E-state index contributed by atoms with van der Waals surface area (Å²) in [5.74, 6) is 1.36. The van der Waals surface area contributed by atoms with Crippen LogP contribution in [0.5, 0.6) is 0 Å². The van der Waals surface area contributed by atoms with Crippen LogP contribution in [-0.4, -0.2) is 4.98 Å². The zero-order valence-corrected chi connectivity index (χ0v) is 11.6. The molecule has 0 amide bonds. The van der Waals surface area contributed by atoms with E-state index in [0.29, 0.717) is 5.92 Å².